The van der Waals surface area contributed by atoms with E-state index in [1.165, 1.54) is 0 Å². The SMILES string of the molecule is CC1CC1(N)c1ncccc1Cl. The predicted molar refractivity (Wildman–Crippen MR) is 48.9 cm³/mol. The Labute approximate surface area is 76.7 Å². The first-order chi connectivity index (χ1) is 5.64. The number of hydrogen-bond acceptors (Lipinski definition) is 2. The molecular formula is C9H11ClN2. The Morgan fingerprint density at radius 3 is 2.92 bits per heavy atom. The van der Waals surface area contributed by atoms with Crippen LogP contribution < -0.4 is 5.73 Å². The van der Waals surface area contributed by atoms with Gasteiger partial charge in [0.25, 0.3) is 0 Å². The van der Waals surface area contributed by atoms with Crippen LogP contribution in [-0.2, 0) is 5.54 Å². The molecule has 1 aromatic heterocycles. The van der Waals surface area contributed by atoms with E-state index in [2.05, 4.69) is 11.9 Å². The van der Waals surface area contributed by atoms with Crippen molar-refractivity contribution < 1.29 is 0 Å². The van der Waals surface area contributed by atoms with Gasteiger partial charge in [-0.1, -0.05) is 18.5 Å². The Morgan fingerprint density at radius 2 is 2.42 bits per heavy atom. The molecule has 1 aliphatic rings. The van der Waals surface area contributed by atoms with Gasteiger partial charge < -0.3 is 5.73 Å². The summed E-state index contributed by atoms with van der Waals surface area (Å²) in [5.41, 5.74) is 6.66. The first-order valence-corrected chi connectivity index (χ1v) is 4.42. The van der Waals surface area contributed by atoms with Gasteiger partial charge in [-0.15, -0.1) is 0 Å². The maximum atomic E-state index is 6.07. The normalized spacial score (nSPS) is 33.4. The highest BCUT2D eigenvalue weighted by Gasteiger charge is 2.51. The lowest BCUT2D eigenvalue weighted by Gasteiger charge is -2.10. The van der Waals surface area contributed by atoms with E-state index in [1.807, 2.05) is 12.1 Å². The van der Waals surface area contributed by atoms with Crippen LogP contribution in [0.25, 0.3) is 0 Å². The molecule has 1 aliphatic carbocycles. The number of halogens is 1. The second-order valence-corrected chi connectivity index (χ2v) is 3.89. The van der Waals surface area contributed by atoms with Gasteiger partial charge in [0, 0.05) is 6.20 Å². The van der Waals surface area contributed by atoms with Gasteiger partial charge in [-0.05, 0) is 24.5 Å². The molecule has 0 radical (unpaired) electrons. The molecule has 1 fully saturated rings. The molecule has 2 N–H and O–H groups in total. The van der Waals surface area contributed by atoms with Crippen LogP contribution in [0, 0.1) is 5.92 Å². The number of hydrogen-bond donors (Lipinski definition) is 1. The molecule has 2 atom stereocenters. The van der Waals surface area contributed by atoms with E-state index in [0.29, 0.717) is 10.9 Å². The number of nitrogens with two attached hydrogens (primary N) is 1. The van der Waals surface area contributed by atoms with E-state index in [-0.39, 0.29) is 5.54 Å². The molecule has 12 heavy (non-hydrogen) atoms. The Kier molecular flexibility index (Phi) is 1.63. The van der Waals surface area contributed by atoms with Gasteiger partial charge in [0.2, 0.25) is 0 Å². The second kappa shape index (κ2) is 2.44. The predicted octanol–water partition coefficient (Wildman–Crippen LogP) is 1.93. The molecule has 2 unspecified atom stereocenters. The summed E-state index contributed by atoms with van der Waals surface area (Å²) in [7, 11) is 0. The van der Waals surface area contributed by atoms with E-state index in [1.54, 1.807) is 6.20 Å². The monoisotopic (exact) mass is 182 g/mol. The van der Waals surface area contributed by atoms with E-state index in [0.717, 1.165) is 12.1 Å². The summed E-state index contributed by atoms with van der Waals surface area (Å²) < 4.78 is 0. The lowest BCUT2D eigenvalue weighted by atomic mass is 10.1. The molecule has 1 saturated carbocycles. The van der Waals surface area contributed by atoms with Gasteiger partial charge in [0.15, 0.2) is 0 Å². The molecule has 0 aliphatic heterocycles. The van der Waals surface area contributed by atoms with Crippen LogP contribution >= 0.6 is 11.6 Å². The van der Waals surface area contributed by atoms with Crippen LogP contribution in [0.15, 0.2) is 18.3 Å². The molecular weight excluding hydrogens is 172 g/mol. The Bertz CT molecular complexity index is 313. The molecule has 1 aromatic rings. The van der Waals surface area contributed by atoms with Crippen LogP contribution in [0.4, 0.5) is 0 Å². The maximum Gasteiger partial charge on any atom is 0.0791 e. The van der Waals surface area contributed by atoms with Gasteiger partial charge in [-0.25, -0.2) is 0 Å². The quantitative estimate of drug-likeness (QED) is 0.721. The Balaban J connectivity index is 2.41. The van der Waals surface area contributed by atoms with E-state index in [4.69, 9.17) is 17.3 Å². The molecule has 2 rings (SSSR count). The minimum absolute atomic E-state index is 0.252. The van der Waals surface area contributed by atoms with Crippen LogP contribution in [0.2, 0.25) is 5.02 Å². The third-order valence-electron chi connectivity index (χ3n) is 2.56. The largest absolute Gasteiger partial charge is 0.320 e. The molecule has 64 valence electrons. The summed E-state index contributed by atoms with van der Waals surface area (Å²) in [6.07, 6.45) is 2.73. The van der Waals surface area contributed by atoms with Crippen molar-refractivity contribution in [1.82, 2.24) is 4.98 Å². The van der Waals surface area contributed by atoms with E-state index >= 15 is 0 Å². The van der Waals surface area contributed by atoms with Crippen LogP contribution in [0.3, 0.4) is 0 Å². The Morgan fingerprint density at radius 1 is 1.75 bits per heavy atom. The molecule has 0 aromatic carbocycles. The summed E-state index contributed by atoms with van der Waals surface area (Å²) in [4.78, 5) is 4.21. The van der Waals surface area contributed by atoms with Crippen molar-refractivity contribution >= 4 is 11.6 Å². The highest BCUT2D eigenvalue weighted by atomic mass is 35.5. The van der Waals surface area contributed by atoms with Gasteiger partial charge in [0.1, 0.15) is 0 Å². The fraction of sp³-hybridized carbons (Fsp3) is 0.444. The molecule has 0 spiro atoms. The summed E-state index contributed by atoms with van der Waals surface area (Å²) in [5, 5.41) is 0.685. The van der Waals surface area contributed by atoms with Gasteiger partial charge >= 0.3 is 0 Å². The van der Waals surface area contributed by atoms with E-state index in [9.17, 15) is 0 Å². The van der Waals surface area contributed by atoms with Crippen molar-refractivity contribution in [3.05, 3.63) is 29.0 Å². The standard InChI is InChI=1S/C9H11ClN2/c1-6-5-9(6,11)8-7(10)3-2-4-12-8/h2-4,6H,5,11H2,1H3. The fourth-order valence-electron chi connectivity index (χ4n) is 1.51. The zero-order valence-electron chi connectivity index (χ0n) is 6.92. The summed E-state index contributed by atoms with van der Waals surface area (Å²) in [5.74, 6) is 0.505. The average Bonchev–Trinajstić information content (AvgIpc) is 2.61. The lowest BCUT2D eigenvalue weighted by molar-refractivity contribution is 0.642. The molecule has 2 nitrogen and oxygen atoms in total. The molecule has 0 amide bonds. The minimum atomic E-state index is -0.252. The van der Waals surface area contributed by atoms with Crippen molar-refractivity contribution in [1.29, 1.82) is 0 Å². The fourth-order valence-corrected chi connectivity index (χ4v) is 1.80. The number of pyridine rings is 1. The summed E-state index contributed by atoms with van der Waals surface area (Å²) >= 11 is 5.97. The first-order valence-electron chi connectivity index (χ1n) is 4.04. The van der Waals surface area contributed by atoms with Crippen molar-refractivity contribution in [2.24, 2.45) is 11.7 Å². The van der Waals surface area contributed by atoms with Crippen molar-refractivity contribution in [3.63, 3.8) is 0 Å². The third kappa shape index (κ3) is 1.03. The zero-order valence-corrected chi connectivity index (χ0v) is 7.67. The third-order valence-corrected chi connectivity index (χ3v) is 2.87. The number of rotatable bonds is 1. The molecule has 0 bridgehead atoms. The molecule has 0 saturated heterocycles. The lowest BCUT2D eigenvalue weighted by Crippen LogP contribution is -2.23. The summed E-state index contributed by atoms with van der Waals surface area (Å²) in [6.45, 7) is 2.12. The highest BCUT2D eigenvalue weighted by Crippen LogP contribution is 2.50. The Hall–Kier alpha value is -0.600. The van der Waals surface area contributed by atoms with Gasteiger partial charge in [-0.3, -0.25) is 4.98 Å². The molecule has 1 heterocycles. The van der Waals surface area contributed by atoms with Crippen LogP contribution in [0.5, 0.6) is 0 Å². The van der Waals surface area contributed by atoms with Crippen LogP contribution in [0.1, 0.15) is 19.0 Å². The van der Waals surface area contributed by atoms with Crippen molar-refractivity contribution in [2.45, 2.75) is 18.9 Å². The van der Waals surface area contributed by atoms with Gasteiger partial charge in [0.05, 0.1) is 16.3 Å². The first kappa shape index (κ1) is 8.02. The van der Waals surface area contributed by atoms with Crippen LogP contribution in [-0.4, -0.2) is 4.98 Å². The second-order valence-electron chi connectivity index (χ2n) is 3.48. The van der Waals surface area contributed by atoms with E-state index < -0.39 is 0 Å². The maximum absolute atomic E-state index is 6.07. The average molecular weight is 183 g/mol. The molecule has 3 heteroatoms. The van der Waals surface area contributed by atoms with Crippen molar-refractivity contribution in [2.75, 3.05) is 0 Å². The number of aromatic nitrogens is 1. The zero-order chi connectivity index (χ0) is 8.77. The summed E-state index contributed by atoms with van der Waals surface area (Å²) in [6, 6.07) is 3.66. The number of nitrogens with zero attached hydrogens (tertiary/aromatic N) is 1. The minimum Gasteiger partial charge on any atom is -0.320 e. The highest BCUT2D eigenvalue weighted by molar-refractivity contribution is 6.31. The van der Waals surface area contributed by atoms with Crippen molar-refractivity contribution in [3.8, 4) is 0 Å². The topological polar surface area (TPSA) is 38.9 Å². The van der Waals surface area contributed by atoms with Gasteiger partial charge in [-0.2, -0.15) is 0 Å². The smallest absolute Gasteiger partial charge is 0.0791 e.